The maximum Gasteiger partial charge on any atom is 0.325 e. The lowest BCUT2D eigenvalue weighted by Crippen LogP contribution is -2.55. The quantitative estimate of drug-likeness (QED) is 0.476. The fraction of sp³-hybridized carbons (Fsp3) is 0.444. The number of nitrogens with zero attached hydrogens (tertiary/aromatic N) is 3. The van der Waals surface area contributed by atoms with Gasteiger partial charge < -0.3 is 10.4 Å². The lowest BCUT2D eigenvalue weighted by molar-refractivity contribution is -0.134. The smallest absolute Gasteiger partial charge is 0.325 e. The molecule has 3 amide bonds. The van der Waals surface area contributed by atoms with Gasteiger partial charge in [-0.25, -0.2) is 9.78 Å². The number of urea groups is 1. The number of carbonyl (C=O) groups excluding carboxylic acids is 2. The summed E-state index contributed by atoms with van der Waals surface area (Å²) in [6.45, 7) is 6.64. The number of likely N-dealkylation sites (tertiary alicyclic amines) is 1. The summed E-state index contributed by atoms with van der Waals surface area (Å²) in [5, 5.41) is 15.8. The van der Waals surface area contributed by atoms with E-state index in [-0.39, 0.29) is 17.9 Å². The molecular formula is C27H32N4O3S. The minimum absolute atomic E-state index is 0.0858. The Hall–Kier alpha value is -2.97. The molecule has 2 saturated heterocycles. The van der Waals surface area contributed by atoms with Gasteiger partial charge in [0.15, 0.2) is 0 Å². The number of benzene rings is 2. The minimum atomic E-state index is -0.826. The Morgan fingerprint density at radius 1 is 1.17 bits per heavy atom. The van der Waals surface area contributed by atoms with Gasteiger partial charge in [-0.2, -0.15) is 0 Å². The number of hydrogen-bond acceptors (Lipinski definition) is 6. The van der Waals surface area contributed by atoms with E-state index in [0.29, 0.717) is 31.7 Å². The van der Waals surface area contributed by atoms with E-state index in [9.17, 15) is 14.7 Å². The third-order valence-corrected chi connectivity index (χ3v) is 8.84. The van der Waals surface area contributed by atoms with Crippen molar-refractivity contribution in [1.82, 2.24) is 20.1 Å². The van der Waals surface area contributed by atoms with Crippen molar-refractivity contribution >= 4 is 34.0 Å². The van der Waals surface area contributed by atoms with E-state index in [1.807, 2.05) is 32.0 Å². The molecule has 1 aromatic heterocycles. The number of fused-ring (bicyclic) bond motifs is 1. The fourth-order valence-corrected chi connectivity index (χ4v) is 6.50. The molecule has 0 spiro atoms. The van der Waals surface area contributed by atoms with Crippen LogP contribution in [0.4, 0.5) is 4.79 Å². The summed E-state index contributed by atoms with van der Waals surface area (Å²) in [4.78, 5) is 35.6. The van der Waals surface area contributed by atoms with Gasteiger partial charge in [0.05, 0.1) is 11.2 Å². The van der Waals surface area contributed by atoms with Crippen molar-refractivity contribution < 1.29 is 14.7 Å². The number of phenols is 1. The van der Waals surface area contributed by atoms with E-state index < -0.39 is 5.54 Å². The van der Waals surface area contributed by atoms with E-state index in [0.717, 1.165) is 52.8 Å². The van der Waals surface area contributed by atoms with Crippen molar-refractivity contribution in [3.05, 3.63) is 58.0 Å². The van der Waals surface area contributed by atoms with Gasteiger partial charge in [0.1, 0.15) is 11.3 Å². The standard InChI is InChI=1S/C27H32N4O3S/c1-3-27(25(33)31(26(34)29-27)15-12-24-18(2)28-17-35-24)20-10-13-30(14-11-20)16-22-21-7-5-4-6-19(21)8-9-23(22)32/h4-9,17,20,32H,3,10-16H2,1-2H3,(H,29,34). The van der Waals surface area contributed by atoms with Gasteiger partial charge in [0.25, 0.3) is 5.91 Å². The summed E-state index contributed by atoms with van der Waals surface area (Å²) in [6.07, 6.45) is 2.88. The minimum Gasteiger partial charge on any atom is -0.508 e. The first-order chi connectivity index (χ1) is 16.9. The second kappa shape index (κ2) is 9.59. The molecule has 2 aliphatic heterocycles. The van der Waals surface area contributed by atoms with Gasteiger partial charge >= 0.3 is 6.03 Å². The van der Waals surface area contributed by atoms with Crippen LogP contribution in [0, 0.1) is 12.8 Å². The SMILES string of the molecule is CCC1(C2CCN(Cc3c(O)ccc4ccccc34)CC2)NC(=O)N(CCc2scnc2C)C1=O. The number of aryl methyl sites for hydroxylation is 1. The number of nitrogens with one attached hydrogen (secondary N) is 1. The molecule has 3 heterocycles. The number of phenolic OH excluding ortho intramolecular Hbond substituents is 1. The van der Waals surface area contributed by atoms with Crippen LogP contribution in [0.15, 0.2) is 41.9 Å². The van der Waals surface area contributed by atoms with Crippen LogP contribution in [0.5, 0.6) is 5.75 Å². The molecule has 3 aromatic rings. The first-order valence-corrected chi connectivity index (χ1v) is 13.3. The number of imide groups is 1. The number of thiazole rings is 1. The molecule has 2 aromatic carbocycles. The van der Waals surface area contributed by atoms with Gasteiger partial charge in [0, 0.05) is 30.0 Å². The number of amides is 3. The topological polar surface area (TPSA) is 85.8 Å². The van der Waals surface area contributed by atoms with Gasteiger partial charge in [0.2, 0.25) is 0 Å². The van der Waals surface area contributed by atoms with Gasteiger partial charge in [-0.1, -0.05) is 37.3 Å². The highest BCUT2D eigenvalue weighted by Gasteiger charge is 2.54. The molecule has 7 nitrogen and oxygen atoms in total. The third kappa shape index (κ3) is 4.29. The molecule has 0 radical (unpaired) electrons. The Bertz CT molecular complexity index is 1250. The third-order valence-electron chi connectivity index (χ3n) is 7.85. The van der Waals surface area contributed by atoms with Gasteiger partial charge in [-0.05, 0) is 62.0 Å². The highest BCUT2D eigenvalue weighted by atomic mass is 32.1. The number of aromatic hydroxyl groups is 1. The molecule has 0 aliphatic carbocycles. The highest BCUT2D eigenvalue weighted by Crippen LogP contribution is 2.37. The van der Waals surface area contributed by atoms with Gasteiger partial charge in [-0.15, -0.1) is 11.3 Å². The molecule has 8 heteroatoms. The molecule has 2 N–H and O–H groups in total. The molecule has 1 unspecified atom stereocenters. The van der Waals surface area contributed by atoms with Crippen molar-refractivity contribution in [2.75, 3.05) is 19.6 Å². The van der Waals surface area contributed by atoms with Crippen LogP contribution in [0.25, 0.3) is 10.8 Å². The number of hydrogen-bond donors (Lipinski definition) is 2. The van der Waals surface area contributed by atoms with Crippen molar-refractivity contribution in [2.24, 2.45) is 5.92 Å². The van der Waals surface area contributed by atoms with Crippen LogP contribution in [0.1, 0.15) is 42.3 Å². The predicted molar refractivity (Wildman–Crippen MR) is 137 cm³/mol. The van der Waals surface area contributed by atoms with E-state index >= 15 is 0 Å². The second-order valence-electron chi connectivity index (χ2n) is 9.66. The first kappa shape index (κ1) is 23.8. The Labute approximate surface area is 209 Å². The number of aromatic nitrogens is 1. The first-order valence-electron chi connectivity index (χ1n) is 12.4. The predicted octanol–water partition coefficient (Wildman–Crippen LogP) is 4.47. The molecule has 2 aliphatic rings. The van der Waals surface area contributed by atoms with Crippen LogP contribution < -0.4 is 5.32 Å². The molecule has 0 bridgehead atoms. The van der Waals surface area contributed by atoms with Gasteiger partial charge in [-0.3, -0.25) is 14.6 Å². The second-order valence-corrected chi connectivity index (χ2v) is 10.6. The average Bonchev–Trinajstić information content (AvgIpc) is 3.39. The van der Waals surface area contributed by atoms with Crippen LogP contribution in [0.2, 0.25) is 0 Å². The summed E-state index contributed by atoms with van der Waals surface area (Å²) >= 11 is 1.57. The lowest BCUT2D eigenvalue weighted by Gasteiger charge is -2.40. The van der Waals surface area contributed by atoms with Crippen molar-refractivity contribution in [2.45, 2.75) is 51.6 Å². The van der Waals surface area contributed by atoms with Crippen LogP contribution in [-0.2, 0) is 17.8 Å². The normalized spacial score (nSPS) is 21.7. The maximum atomic E-state index is 13.6. The molecule has 0 saturated carbocycles. The Kier molecular flexibility index (Phi) is 6.51. The van der Waals surface area contributed by atoms with Crippen LogP contribution in [0.3, 0.4) is 0 Å². The van der Waals surface area contributed by atoms with Crippen molar-refractivity contribution in [3.63, 3.8) is 0 Å². The van der Waals surface area contributed by atoms with Crippen molar-refractivity contribution in [3.8, 4) is 5.75 Å². The summed E-state index contributed by atoms with van der Waals surface area (Å²) < 4.78 is 0. The number of rotatable bonds is 7. The zero-order valence-corrected chi connectivity index (χ0v) is 21.1. The fourth-order valence-electron chi connectivity index (χ4n) is 5.73. The molecule has 1 atom stereocenters. The largest absolute Gasteiger partial charge is 0.508 e. The zero-order chi connectivity index (χ0) is 24.6. The average molecular weight is 493 g/mol. The molecule has 2 fully saturated rings. The monoisotopic (exact) mass is 492 g/mol. The number of carbonyl (C=O) groups is 2. The van der Waals surface area contributed by atoms with E-state index in [1.54, 1.807) is 22.9 Å². The molecular weight excluding hydrogens is 460 g/mol. The summed E-state index contributed by atoms with van der Waals surface area (Å²) in [5.74, 6) is 0.328. The van der Waals surface area contributed by atoms with E-state index in [2.05, 4.69) is 27.3 Å². The van der Waals surface area contributed by atoms with Crippen LogP contribution >= 0.6 is 11.3 Å². The Morgan fingerprint density at radius 3 is 2.66 bits per heavy atom. The van der Waals surface area contributed by atoms with Crippen LogP contribution in [-0.4, -0.2) is 57.0 Å². The van der Waals surface area contributed by atoms with E-state index in [4.69, 9.17) is 0 Å². The summed E-state index contributed by atoms with van der Waals surface area (Å²) in [5.41, 5.74) is 2.89. The zero-order valence-electron chi connectivity index (χ0n) is 20.3. The number of piperidine rings is 1. The maximum absolute atomic E-state index is 13.6. The molecule has 35 heavy (non-hydrogen) atoms. The van der Waals surface area contributed by atoms with Crippen molar-refractivity contribution in [1.29, 1.82) is 0 Å². The summed E-state index contributed by atoms with van der Waals surface area (Å²) in [6, 6.07) is 11.6. The van der Waals surface area contributed by atoms with E-state index in [1.165, 1.54) is 4.90 Å². The molecule has 5 rings (SSSR count). The Morgan fingerprint density at radius 2 is 1.94 bits per heavy atom. The Balaban J connectivity index is 1.26. The molecule has 184 valence electrons. The summed E-state index contributed by atoms with van der Waals surface area (Å²) in [7, 11) is 0. The lowest BCUT2D eigenvalue weighted by atomic mass is 9.75. The highest BCUT2D eigenvalue weighted by molar-refractivity contribution is 7.09.